The Morgan fingerprint density at radius 3 is 1.69 bits per heavy atom. The number of nitrogens with one attached hydrogen (secondary N) is 1. The van der Waals surface area contributed by atoms with E-state index in [9.17, 15) is 0 Å². The van der Waals surface area contributed by atoms with Crippen molar-refractivity contribution in [3.05, 3.63) is 101 Å². The molecule has 0 heterocycles. The quantitative estimate of drug-likeness (QED) is 0.427. The Bertz CT molecular complexity index is 759. The smallest absolute Gasteiger partial charge is 0.0457 e. The molecule has 2 aromatic carbocycles. The van der Waals surface area contributed by atoms with Crippen LogP contribution in [0.2, 0.25) is 0 Å². The summed E-state index contributed by atoms with van der Waals surface area (Å²) in [7, 11) is 0. The van der Waals surface area contributed by atoms with Crippen molar-refractivity contribution in [2.24, 2.45) is 0 Å². The van der Waals surface area contributed by atoms with E-state index in [-0.39, 0.29) is 0 Å². The normalized spacial score (nSPS) is 9.72. The summed E-state index contributed by atoms with van der Waals surface area (Å²) < 4.78 is 0. The summed E-state index contributed by atoms with van der Waals surface area (Å²) in [6.45, 7) is 26.5. The van der Waals surface area contributed by atoms with Crippen LogP contribution in [-0.4, -0.2) is 0 Å². The highest BCUT2D eigenvalue weighted by atomic mass is 14.9. The van der Waals surface area contributed by atoms with Crippen LogP contribution in [0.5, 0.6) is 0 Å². The van der Waals surface area contributed by atoms with Crippen molar-refractivity contribution in [2.45, 2.75) is 88.0 Å². The van der Waals surface area contributed by atoms with E-state index >= 15 is 0 Å². The zero-order chi connectivity index (χ0) is 24.9. The van der Waals surface area contributed by atoms with Crippen LogP contribution in [0.4, 0.5) is 0 Å². The zero-order valence-corrected chi connectivity index (χ0v) is 22.4. The van der Waals surface area contributed by atoms with Gasteiger partial charge in [0.05, 0.1) is 0 Å². The molecule has 1 N–H and O–H groups in total. The number of allylic oxidation sites excluding steroid dienone is 3. The lowest BCUT2D eigenvalue weighted by Crippen LogP contribution is -2.08. The molecule has 0 bridgehead atoms. The highest BCUT2D eigenvalue weighted by molar-refractivity contribution is 5.67. The van der Waals surface area contributed by atoms with E-state index in [0.717, 1.165) is 29.0 Å². The molecule has 1 nitrogen and oxygen atoms in total. The third-order valence-electron chi connectivity index (χ3n) is 4.22. The molecule has 0 radical (unpaired) electrons. The molecule has 0 aliphatic rings. The first-order valence-electron chi connectivity index (χ1n) is 12.2. The minimum Gasteiger partial charge on any atom is -0.359 e. The average molecular weight is 436 g/mol. The molecule has 0 saturated heterocycles. The number of hydrogen-bond acceptors (Lipinski definition) is 1. The van der Waals surface area contributed by atoms with Crippen molar-refractivity contribution in [3.63, 3.8) is 0 Å². The molecule has 0 aromatic heterocycles. The van der Waals surface area contributed by atoms with E-state index < -0.39 is 0 Å². The van der Waals surface area contributed by atoms with Gasteiger partial charge in [-0.2, -0.15) is 0 Å². The van der Waals surface area contributed by atoms with Gasteiger partial charge in [-0.3, -0.25) is 0 Å². The Morgan fingerprint density at radius 1 is 0.844 bits per heavy atom. The van der Waals surface area contributed by atoms with Gasteiger partial charge in [0.1, 0.15) is 0 Å². The van der Waals surface area contributed by atoms with Gasteiger partial charge in [-0.05, 0) is 51.3 Å². The molecule has 0 amide bonds. The Morgan fingerprint density at radius 2 is 1.34 bits per heavy atom. The Balaban J connectivity index is 0. The summed E-state index contributed by atoms with van der Waals surface area (Å²) in [4.78, 5) is 0. The monoisotopic (exact) mass is 435 g/mol. The van der Waals surface area contributed by atoms with Gasteiger partial charge in [-0.1, -0.05) is 132 Å². The van der Waals surface area contributed by atoms with E-state index in [1.807, 2.05) is 52.0 Å². The number of benzene rings is 2. The van der Waals surface area contributed by atoms with E-state index in [0.29, 0.717) is 0 Å². The van der Waals surface area contributed by atoms with Crippen LogP contribution in [0.3, 0.4) is 0 Å². The van der Waals surface area contributed by atoms with E-state index in [1.54, 1.807) is 0 Å². The standard InChI is InChI=1S/C14H17N.C10H14.C5H12.C2H6/c1-11(2)10-14(15-12(3)4)13-8-6-5-7-9-13;1-4-10-6-8(2)5-9(3)7-10;1-3-5-4-2;1-2/h5-10,15H,1,3H2,2,4H3;5-7H,4H2,1-3H3;3-5H2,1-2H3;1-2H3/b14-10-;;;. The number of aryl methyl sites for hydroxylation is 3. The fourth-order valence-electron chi connectivity index (χ4n) is 2.91. The molecule has 2 aromatic rings. The van der Waals surface area contributed by atoms with Crippen molar-refractivity contribution in [2.75, 3.05) is 0 Å². The van der Waals surface area contributed by atoms with Crippen molar-refractivity contribution in [1.29, 1.82) is 0 Å². The molecule has 178 valence electrons. The largest absolute Gasteiger partial charge is 0.359 e. The maximum absolute atomic E-state index is 3.88. The molecule has 0 fully saturated rings. The summed E-state index contributed by atoms with van der Waals surface area (Å²) >= 11 is 0. The molecule has 0 aliphatic carbocycles. The zero-order valence-electron chi connectivity index (χ0n) is 22.4. The van der Waals surface area contributed by atoms with Crippen LogP contribution in [0.25, 0.3) is 5.70 Å². The molecule has 0 aliphatic heterocycles. The lowest BCUT2D eigenvalue weighted by molar-refractivity contribution is 0.772. The second kappa shape index (κ2) is 20.4. The highest BCUT2D eigenvalue weighted by Gasteiger charge is 1.99. The molecular formula is C31H49N. The van der Waals surface area contributed by atoms with Gasteiger partial charge in [-0.15, -0.1) is 0 Å². The van der Waals surface area contributed by atoms with Crippen molar-refractivity contribution in [3.8, 4) is 0 Å². The van der Waals surface area contributed by atoms with Gasteiger partial charge in [0, 0.05) is 11.4 Å². The van der Waals surface area contributed by atoms with Gasteiger partial charge in [-0.25, -0.2) is 0 Å². The predicted octanol–water partition coefficient (Wildman–Crippen LogP) is 9.82. The second-order valence-electron chi connectivity index (χ2n) is 7.88. The molecule has 0 atom stereocenters. The maximum Gasteiger partial charge on any atom is 0.0457 e. The van der Waals surface area contributed by atoms with E-state index in [4.69, 9.17) is 0 Å². The summed E-state index contributed by atoms with van der Waals surface area (Å²) in [6, 6.07) is 16.8. The minimum absolute atomic E-state index is 0.923. The van der Waals surface area contributed by atoms with Crippen LogP contribution in [-0.2, 0) is 6.42 Å². The number of unbranched alkanes of at least 4 members (excludes halogenated alkanes) is 2. The first kappa shape index (κ1) is 31.6. The summed E-state index contributed by atoms with van der Waals surface area (Å²) in [5, 5.41) is 3.23. The lowest BCUT2D eigenvalue weighted by atomic mass is 10.1. The van der Waals surface area contributed by atoms with Crippen LogP contribution in [0, 0.1) is 13.8 Å². The van der Waals surface area contributed by atoms with Gasteiger partial charge in [0.2, 0.25) is 0 Å². The maximum atomic E-state index is 3.88. The Kier molecular flexibility index (Phi) is 20.1. The molecule has 0 unspecified atom stereocenters. The van der Waals surface area contributed by atoms with E-state index in [2.05, 4.69) is 83.4 Å². The van der Waals surface area contributed by atoms with Gasteiger partial charge in [0.25, 0.3) is 0 Å². The van der Waals surface area contributed by atoms with Crippen molar-refractivity contribution >= 4 is 5.70 Å². The lowest BCUT2D eigenvalue weighted by Gasteiger charge is -2.11. The first-order valence-corrected chi connectivity index (χ1v) is 12.2. The van der Waals surface area contributed by atoms with Crippen LogP contribution >= 0.6 is 0 Å². The molecule has 1 heteroatoms. The summed E-state index contributed by atoms with van der Waals surface area (Å²) in [5.41, 5.74) is 8.30. The topological polar surface area (TPSA) is 12.0 Å². The first-order chi connectivity index (χ1) is 15.2. The van der Waals surface area contributed by atoms with Crippen LogP contribution < -0.4 is 5.32 Å². The average Bonchev–Trinajstić information content (AvgIpc) is 2.75. The summed E-state index contributed by atoms with van der Waals surface area (Å²) in [6.07, 6.45) is 7.24. The van der Waals surface area contributed by atoms with Gasteiger partial charge < -0.3 is 5.32 Å². The van der Waals surface area contributed by atoms with Crippen LogP contribution in [0.15, 0.2) is 79.0 Å². The van der Waals surface area contributed by atoms with Crippen molar-refractivity contribution in [1.82, 2.24) is 5.32 Å². The molecule has 0 saturated carbocycles. The fraction of sp³-hybridized carbons (Fsp3) is 0.419. The molecular weight excluding hydrogens is 386 g/mol. The van der Waals surface area contributed by atoms with Crippen molar-refractivity contribution < 1.29 is 0 Å². The Labute approximate surface area is 200 Å². The molecule has 0 spiro atoms. The van der Waals surface area contributed by atoms with Gasteiger partial charge >= 0.3 is 0 Å². The third kappa shape index (κ3) is 17.2. The van der Waals surface area contributed by atoms with Crippen LogP contribution in [0.1, 0.15) is 90.0 Å². The molecule has 2 rings (SSSR count). The molecule has 32 heavy (non-hydrogen) atoms. The van der Waals surface area contributed by atoms with Gasteiger partial charge in [0.15, 0.2) is 0 Å². The predicted molar refractivity (Wildman–Crippen MR) is 149 cm³/mol. The van der Waals surface area contributed by atoms with E-state index in [1.165, 1.54) is 36.0 Å². The number of hydrogen-bond donors (Lipinski definition) is 1. The fourth-order valence-corrected chi connectivity index (χ4v) is 2.91. The highest BCUT2D eigenvalue weighted by Crippen LogP contribution is 2.14. The minimum atomic E-state index is 0.923. The SMILES string of the molecule is C=C(C)/C=C(\NC(=C)C)c1ccccc1.CC.CCCCC.CCc1cc(C)cc(C)c1. The number of rotatable bonds is 7. The Hall–Kier alpha value is -2.54. The summed E-state index contributed by atoms with van der Waals surface area (Å²) in [5.74, 6) is 0. The second-order valence-corrected chi connectivity index (χ2v) is 7.88. The third-order valence-corrected chi connectivity index (χ3v) is 4.22.